The van der Waals surface area contributed by atoms with Crippen molar-refractivity contribution in [1.29, 1.82) is 0 Å². The molecule has 0 fully saturated rings. The summed E-state index contributed by atoms with van der Waals surface area (Å²) in [5.41, 5.74) is 3.53. The molecule has 0 aliphatic carbocycles. The van der Waals surface area contributed by atoms with E-state index in [-0.39, 0.29) is 0 Å². The number of hydrogen-bond donors (Lipinski definition) is 1. The van der Waals surface area contributed by atoms with Crippen LogP contribution >= 0.6 is 0 Å². The highest BCUT2D eigenvalue weighted by Crippen LogP contribution is 2.22. The van der Waals surface area contributed by atoms with Crippen LogP contribution in [-0.2, 0) is 0 Å². The number of aromatic nitrogens is 5. The summed E-state index contributed by atoms with van der Waals surface area (Å²) in [4.78, 5) is 13.8. The lowest BCUT2D eigenvalue weighted by Crippen LogP contribution is -2.05. The summed E-state index contributed by atoms with van der Waals surface area (Å²) >= 11 is 0. The molecule has 0 saturated carbocycles. The van der Waals surface area contributed by atoms with Crippen molar-refractivity contribution >= 4 is 33.6 Å². The Morgan fingerprint density at radius 3 is 2.48 bits per heavy atom. The molecular formula is C21H16N6. The van der Waals surface area contributed by atoms with Crippen molar-refractivity contribution in [2.75, 3.05) is 5.32 Å². The van der Waals surface area contributed by atoms with E-state index in [4.69, 9.17) is 4.98 Å². The number of benzene rings is 2. The molecule has 0 saturated heterocycles. The van der Waals surface area contributed by atoms with E-state index in [0.29, 0.717) is 5.82 Å². The Labute approximate surface area is 155 Å². The third-order valence-electron chi connectivity index (χ3n) is 4.34. The van der Waals surface area contributed by atoms with Crippen molar-refractivity contribution < 1.29 is 0 Å². The fraction of sp³-hybridized carbons (Fsp3) is 0.0476. The molecule has 2 aromatic carbocycles. The Hall–Kier alpha value is -3.80. The van der Waals surface area contributed by atoms with Gasteiger partial charge in [-0.25, -0.2) is 9.97 Å². The topological polar surface area (TPSA) is 68.5 Å². The summed E-state index contributed by atoms with van der Waals surface area (Å²) < 4.78 is 1.79. The van der Waals surface area contributed by atoms with Gasteiger partial charge in [0, 0.05) is 11.5 Å². The van der Waals surface area contributed by atoms with Crippen LogP contribution in [-0.4, -0.2) is 24.7 Å². The Morgan fingerprint density at radius 1 is 0.815 bits per heavy atom. The van der Waals surface area contributed by atoms with Crippen LogP contribution in [0, 0.1) is 6.92 Å². The van der Waals surface area contributed by atoms with E-state index in [1.54, 1.807) is 10.9 Å². The zero-order valence-electron chi connectivity index (χ0n) is 14.7. The van der Waals surface area contributed by atoms with Crippen LogP contribution in [0.1, 0.15) is 5.69 Å². The number of pyridine rings is 1. The number of fused-ring (bicyclic) bond motifs is 2. The normalized spacial score (nSPS) is 11.1. The quantitative estimate of drug-likeness (QED) is 0.521. The summed E-state index contributed by atoms with van der Waals surface area (Å²) in [6.45, 7) is 1.95. The minimum absolute atomic E-state index is 0.663. The third kappa shape index (κ3) is 2.87. The van der Waals surface area contributed by atoms with E-state index in [1.165, 1.54) is 0 Å². The molecule has 5 aromatic rings. The van der Waals surface area contributed by atoms with Gasteiger partial charge < -0.3 is 5.32 Å². The van der Waals surface area contributed by atoms with Crippen molar-refractivity contribution in [1.82, 2.24) is 24.7 Å². The zero-order valence-corrected chi connectivity index (χ0v) is 14.7. The maximum atomic E-state index is 4.74. The van der Waals surface area contributed by atoms with E-state index in [1.807, 2.05) is 73.7 Å². The molecule has 0 unspecified atom stereocenters. The van der Waals surface area contributed by atoms with E-state index in [2.05, 4.69) is 20.4 Å². The minimum Gasteiger partial charge on any atom is -0.323 e. The third-order valence-corrected chi connectivity index (χ3v) is 4.34. The van der Waals surface area contributed by atoms with Gasteiger partial charge in [-0.05, 0) is 37.3 Å². The Kier molecular flexibility index (Phi) is 3.53. The standard InChI is InChI=1S/C21H16N6/c1-14-12-21(25-19-13-22-17-8-4-5-9-18(17)23-19)27(26-14)20-11-10-15-6-2-3-7-16(15)24-20/h2-13H,1H3,(H,23,25). The van der Waals surface area contributed by atoms with Crippen LogP contribution in [0.3, 0.4) is 0 Å². The largest absolute Gasteiger partial charge is 0.323 e. The molecule has 0 radical (unpaired) electrons. The predicted molar refractivity (Wildman–Crippen MR) is 106 cm³/mol. The first-order valence-corrected chi connectivity index (χ1v) is 8.68. The molecule has 1 N–H and O–H groups in total. The highest BCUT2D eigenvalue weighted by Gasteiger charge is 2.11. The van der Waals surface area contributed by atoms with Gasteiger partial charge >= 0.3 is 0 Å². The van der Waals surface area contributed by atoms with E-state index >= 15 is 0 Å². The Morgan fingerprint density at radius 2 is 1.59 bits per heavy atom. The second-order valence-corrected chi connectivity index (χ2v) is 6.31. The minimum atomic E-state index is 0.663. The van der Waals surface area contributed by atoms with Gasteiger partial charge in [-0.3, -0.25) is 4.98 Å². The van der Waals surface area contributed by atoms with Gasteiger partial charge in [-0.1, -0.05) is 30.3 Å². The second-order valence-electron chi connectivity index (χ2n) is 6.31. The lowest BCUT2D eigenvalue weighted by molar-refractivity contribution is 0.843. The van der Waals surface area contributed by atoms with Crippen LogP contribution in [0.15, 0.2) is 72.9 Å². The van der Waals surface area contributed by atoms with E-state index in [9.17, 15) is 0 Å². The van der Waals surface area contributed by atoms with Crippen LogP contribution in [0.5, 0.6) is 0 Å². The van der Waals surface area contributed by atoms with Crippen molar-refractivity contribution in [3.63, 3.8) is 0 Å². The fourth-order valence-corrected chi connectivity index (χ4v) is 3.09. The molecule has 6 nitrogen and oxygen atoms in total. The molecule has 6 heteroatoms. The number of rotatable bonds is 3. The Bertz CT molecular complexity index is 1270. The van der Waals surface area contributed by atoms with Gasteiger partial charge in [0.05, 0.1) is 28.4 Å². The molecule has 0 bridgehead atoms. The van der Waals surface area contributed by atoms with Gasteiger partial charge in [0.2, 0.25) is 0 Å². The molecule has 3 aromatic heterocycles. The smallest absolute Gasteiger partial charge is 0.156 e. The molecule has 5 rings (SSSR count). The van der Waals surface area contributed by atoms with Gasteiger partial charge in [-0.15, -0.1) is 0 Å². The molecule has 130 valence electrons. The maximum absolute atomic E-state index is 4.74. The first-order chi connectivity index (χ1) is 13.3. The van der Waals surface area contributed by atoms with Gasteiger partial charge in [-0.2, -0.15) is 9.78 Å². The lowest BCUT2D eigenvalue weighted by Gasteiger charge is -2.09. The van der Waals surface area contributed by atoms with E-state index < -0.39 is 0 Å². The average molecular weight is 352 g/mol. The molecule has 0 aliphatic heterocycles. The monoisotopic (exact) mass is 352 g/mol. The summed E-state index contributed by atoms with van der Waals surface area (Å²) in [6, 6.07) is 21.8. The first-order valence-electron chi connectivity index (χ1n) is 8.68. The van der Waals surface area contributed by atoms with Crippen LogP contribution in [0.25, 0.3) is 27.8 Å². The molecular weight excluding hydrogens is 336 g/mol. The molecule has 0 aliphatic rings. The van der Waals surface area contributed by atoms with Crippen molar-refractivity contribution in [2.45, 2.75) is 6.92 Å². The van der Waals surface area contributed by atoms with Gasteiger partial charge in [0.1, 0.15) is 5.82 Å². The maximum Gasteiger partial charge on any atom is 0.156 e. The first kappa shape index (κ1) is 15.5. The van der Waals surface area contributed by atoms with Crippen molar-refractivity contribution in [3.8, 4) is 5.82 Å². The highest BCUT2D eigenvalue weighted by atomic mass is 15.4. The predicted octanol–water partition coefficient (Wildman–Crippen LogP) is 4.42. The van der Waals surface area contributed by atoms with Crippen LogP contribution < -0.4 is 5.32 Å². The number of aryl methyl sites for hydroxylation is 1. The van der Waals surface area contributed by atoms with Crippen LogP contribution in [0.4, 0.5) is 11.6 Å². The zero-order chi connectivity index (χ0) is 18.2. The number of anilines is 2. The van der Waals surface area contributed by atoms with E-state index in [0.717, 1.165) is 39.3 Å². The Balaban J connectivity index is 1.56. The van der Waals surface area contributed by atoms with Crippen LogP contribution in [0.2, 0.25) is 0 Å². The summed E-state index contributed by atoms with van der Waals surface area (Å²) in [5.74, 6) is 2.20. The summed E-state index contributed by atoms with van der Waals surface area (Å²) in [6.07, 6.45) is 1.73. The SMILES string of the molecule is Cc1cc(Nc2cnc3ccccc3n2)n(-c2ccc3ccccc3n2)n1. The molecule has 3 heterocycles. The van der Waals surface area contributed by atoms with Crippen molar-refractivity contribution in [3.05, 3.63) is 78.6 Å². The summed E-state index contributed by atoms with van der Waals surface area (Å²) in [7, 11) is 0. The molecule has 0 amide bonds. The number of nitrogens with zero attached hydrogens (tertiary/aromatic N) is 5. The highest BCUT2D eigenvalue weighted by molar-refractivity contribution is 5.79. The average Bonchev–Trinajstić information content (AvgIpc) is 3.07. The number of nitrogens with one attached hydrogen (secondary N) is 1. The number of para-hydroxylation sites is 3. The second kappa shape index (κ2) is 6.17. The lowest BCUT2D eigenvalue weighted by atomic mass is 10.2. The van der Waals surface area contributed by atoms with Gasteiger partial charge in [0.25, 0.3) is 0 Å². The fourth-order valence-electron chi connectivity index (χ4n) is 3.09. The molecule has 0 spiro atoms. The molecule has 27 heavy (non-hydrogen) atoms. The molecule has 0 atom stereocenters. The summed E-state index contributed by atoms with van der Waals surface area (Å²) in [5, 5.41) is 9.01. The number of hydrogen-bond acceptors (Lipinski definition) is 5. The van der Waals surface area contributed by atoms with Crippen molar-refractivity contribution in [2.24, 2.45) is 0 Å². The van der Waals surface area contributed by atoms with Gasteiger partial charge in [0.15, 0.2) is 11.6 Å².